The first kappa shape index (κ1) is 33.1. The van der Waals surface area contributed by atoms with Gasteiger partial charge in [-0.2, -0.15) is 0 Å². The number of phenolic OH excluding ortho intramolecular Hbond substituents is 1. The number of carbonyl (C=O) groups is 4. The van der Waals surface area contributed by atoms with Crippen molar-refractivity contribution in [3.05, 3.63) is 68.4 Å². The average Bonchev–Trinajstić information content (AvgIpc) is 2.96. The summed E-state index contributed by atoms with van der Waals surface area (Å²) in [6, 6.07) is 7.27. The Hall–Kier alpha value is -4.24. The number of aliphatic hydroxyl groups is 3. The second-order valence-corrected chi connectivity index (χ2v) is 13.1. The number of likely N-dealkylation sites (N-methyl/N-ethyl adjacent to an activating group) is 1. The standard InChI is InChI=1S/C32H35BrN4O9/c1-36(2)20-11-15(12-35-13-21(38)46-17-7-5-16(33)6-8-17)26(39)23-18(20)9-14-10-19-25(37(3)4)28(41)24(31(34)44)30(43)32(19,45)29(42)22(14)27(23)40/h5-8,11,14,19,25,35,39-40,43,45H,9-10,12-13H2,1-4H3,(H2,34,44)/t14-,19-,25-,32-/m0/s1. The van der Waals surface area contributed by atoms with E-state index in [1.54, 1.807) is 63.4 Å². The molecule has 7 N–H and O–H groups in total. The fourth-order valence-electron chi connectivity index (χ4n) is 6.85. The number of ether oxygens (including phenoxy) is 1. The van der Waals surface area contributed by atoms with Crippen LogP contribution in [-0.2, 0) is 32.1 Å². The van der Waals surface area contributed by atoms with Crippen LogP contribution in [0.15, 0.2) is 51.7 Å². The Kier molecular flexibility index (Phi) is 8.77. The third-order valence-electron chi connectivity index (χ3n) is 8.89. The number of ketones is 2. The van der Waals surface area contributed by atoms with E-state index in [-0.39, 0.29) is 42.8 Å². The fourth-order valence-corrected chi connectivity index (χ4v) is 7.11. The highest BCUT2D eigenvalue weighted by Gasteiger charge is 2.64. The maximum Gasteiger partial charge on any atom is 0.325 e. The average molecular weight is 700 g/mol. The normalized spacial score (nSPS) is 24.0. The van der Waals surface area contributed by atoms with Crippen molar-refractivity contribution in [1.82, 2.24) is 10.2 Å². The number of hydrogen-bond acceptors (Lipinski definition) is 12. The lowest BCUT2D eigenvalue weighted by Crippen LogP contribution is -2.65. The topological polar surface area (TPSA) is 203 Å². The summed E-state index contributed by atoms with van der Waals surface area (Å²) in [4.78, 5) is 55.2. The van der Waals surface area contributed by atoms with Gasteiger partial charge in [0, 0.05) is 47.9 Å². The van der Waals surface area contributed by atoms with Crippen LogP contribution in [-0.4, -0.2) is 95.1 Å². The van der Waals surface area contributed by atoms with Crippen molar-refractivity contribution >= 4 is 50.8 Å². The number of amides is 1. The first-order chi connectivity index (χ1) is 21.6. The summed E-state index contributed by atoms with van der Waals surface area (Å²) in [6.07, 6.45) is 0.145. The van der Waals surface area contributed by atoms with E-state index in [9.17, 15) is 39.6 Å². The smallest absolute Gasteiger partial charge is 0.325 e. The molecule has 0 bridgehead atoms. The van der Waals surface area contributed by atoms with Gasteiger partial charge in [-0.3, -0.25) is 24.1 Å². The van der Waals surface area contributed by atoms with Crippen molar-refractivity contribution in [2.45, 2.75) is 31.0 Å². The SMILES string of the molecule is CN(C)c1cc(CNCC(=O)Oc2ccc(Br)cc2)c(O)c2c1C[C@H]1C[C@H]3[C@H](N(C)C)C(=O)C(C(N)=O)=C(O)[C@@]3(O)C(=O)C1=C2O. The molecule has 4 atom stereocenters. The maximum atomic E-state index is 14.1. The van der Waals surface area contributed by atoms with E-state index in [4.69, 9.17) is 10.5 Å². The summed E-state index contributed by atoms with van der Waals surface area (Å²) in [5.74, 6) is -7.34. The third kappa shape index (κ3) is 5.34. The number of nitrogens with two attached hydrogens (primary N) is 1. The van der Waals surface area contributed by atoms with Crippen LogP contribution in [0, 0.1) is 11.8 Å². The summed E-state index contributed by atoms with van der Waals surface area (Å²) in [6.45, 7) is -0.217. The number of nitrogens with one attached hydrogen (secondary N) is 1. The zero-order valence-corrected chi connectivity index (χ0v) is 27.2. The summed E-state index contributed by atoms with van der Waals surface area (Å²) in [5.41, 5.74) is 2.99. The predicted molar refractivity (Wildman–Crippen MR) is 170 cm³/mol. The minimum atomic E-state index is -2.72. The highest BCUT2D eigenvalue weighted by Crippen LogP contribution is 2.54. The van der Waals surface area contributed by atoms with Gasteiger partial charge in [0.2, 0.25) is 5.78 Å². The van der Waals surface area contributed by atoms with Gasteiger partial charge >= 0.3 is 5.97 Å². The molecule has 13 nitrogen and oxygen atoms in total. The highest BCUT2D eigenvalue weighted by atomic mass is 79.9. The Labute approximate surface area is 273 Å². The summed E-state index contributed by atoms with van der Waals surface area (Å²) in [5, 5.41) is 48.8. The summed E-state index contributed by atoms with van der Waals surface area (Å²) < 4.78 is 6.14. The minimum Gasteiger partial charge on any atom is -0.508 e. The van der Waals surface area contributed by atoms with Gasteiger partial charge in [0.05, 0.1) is 18.2 Å². The molecule has 0 aromatic heterocycles. The highest BCUT2D eigenvalue weighted by molar-refractivity contribution is 9.10. The number of carbonyl (C=O) groups excluding carboxylic acids is 4. The molecule has 0 heterocycles. The number of rotatable bonds is 8. The van der Waals surface area contributed by atoms with Crippen molar-refractivity contribution < 1.29 is 44.3 Å². The Morgan fingerprint density at radius 2 is 1.76 bits per heavy atom. The van der Waals surface area contributed by atoms with E-state index in [0.717, 1.165) is 4.47 Å². The van der Waals surface area contributed by atoms with E-state index >= 15 is 0 Å². The number of aromatic hydroxyl groups is 1. The van der Waals surface area contributed by atoms with Gasteiger partial charge < -0.3 is 41.1 Å². The van der Waals surface area contributed by atoms with Crippen LogP contribution >= 0.6 is 15.9 Å². The molecule has 46 heavy (non-hydrogen) atoms. The molecule has 3 aliphatic carbocycles. The second kappa shape index (κ2) is 12.2. The molecule has 0 saturated heterocycles. The molecule has 244 valence electrons. The first-order valence-electron chi connectivity index (χ1n) is 14.5. The molecule has 2 aromatic carbocycles. The van der Waals surface area contributed by atoms with E-state index in [1.165, 1.54) is 4.90 Å². The van der Waals surface area contributed by atoms with Gasteiger partial charge in [-0.15, -0.1) is 0 Å². The zero-order chi connectivity index (χ0) is 33.8. The molecular formula is C32H35BrN4O9. The number of anilines is 1. The second-order valence-electron chi connectivity index (χ2n) is 12.1. The molecule has 3 aliphatic rings. The Morgan fingerprint density at radius 1 is 1.11 bits per heavy atom. The van der Waals surface area contributed by atoms with Crippen LogP contribution in [0.25, 0.3) is 5.76 Å². The molecule has 2 aromatic rings. The van der Waals surface area contributed by atoms with Crippen LogP contribution in [0.5, 0.6) is 11.5 Å². The largest absolute Gasteiger partial charge is 0.508 e. The van der Waals surface area contributed by atoms with Crippen molar-refractivity contribution in [1.29, 1.82) is 0 Å². The van der Waals surface area contributed by atoms with Gasteiger partial charge in [0.1, 0.15) is 28.6 Å². The Bertz CT molecular complexity index is 1720. The Morgan fingerprint density at radius 3 is 2.35 bits per heavy atom. The van der Waals surface area contributed by atoms with Crippen molar-refractivity contribution in [2.75, 3.05) is 39.6 Å². The van der Waals surface area contributed by atoms with Crippen LogP contribution < -0.4 is 20.7 Å². The quantitative estimate of drug-likeness (QED) is 0.132. The molecule has 1 saturated carbocycles. The lowest BCUT2D eigenvalue weighted by molar-refractivity contribution is -0.153. The van der Waals surface area contributed by atoms with Crippen LogP contribution in [0.2, 0.25) is 0 Å². The van der Waals surface area contributed by atoms with Crippen LogP contribution in [0.4, 0.5) is 5.69 Å². The number of primary amides is 1. The van der Waals surface area contributed by atoms with Crippen LogP contribution in [0.3, 0.4) is 0 Å². The molecule has 0 spiro atoms. The van der Waals surface area contributed by atoms with Gasteiger partial charge in [-0.25, -0.2) is 0 Å². The summed E-state index contributed by atoms with van der Waals surface area (Å²) in [7, 11) is 6.64. The molecule has 0 radical (unpaired) electrons. The van der Waals surface area contributed by atoms with Gasteiger partial charge in [-0.1, -0.05) is 15.9 Å². The van der Waals surface area contributed by atoms with Crippen molar-refractivity contribution in [3.8, 4) is 11.5 Å². The molecular weight excluding hydrogens is 664 g/mol. The maximum absolute atomic E-state index is 14.1. The predicted octanol–water partition coefficient (Wildman–Crippen LogP) is 1.49. The number of hydrogen-bond donors (Lipinski definition) is 6. The number of phenols is 1. The number of esters is 1. The molecule has 14 heteroatoms. The molecule has 0 aliphatic heterocycles. The molecule has 0 unspecified atom stereocenters. The van der Waals surface area contributed by atoms with Crippen molar-refractivity contribution in [2.24, 2.45) is 17.6 Å². The fraction of sp³-hybridized carbons (Fsp3) is 0.375. The number of benzene rings is 2. The monoisotopic (exact) mass is 698 g/mol. The van der Waals surface area contributed by atoms with Crippen molar-refractivity contribution in [3.63, 3.8) is 0 Å². The number of Topliss-reactive ketones (excluding diaryl/α,β-unsaturated/α-hetero) is 2. The van der Waals surface area contributed by atoms with Gasteiger partial charge in [0.25, 0.3) is 5.91 Å². The lowest BCUT2D eigenvalue weighted by atomic mass is 9.57. The minimum absolute atomic E-state index is 0.0107. The molecule has 5 rings (SSSR count). The summed E-state index contributed by atoms with van der Waals surface area (Å²) >= 11 is 3.32. The molecule has 1 fully saturated rings. The first-order valence-corrected chi connectivity index (χ1v) is 15.3. The number of nitrogens with zero attached hydrogens (tertiary/aromatic N) is 2. The van der Waals surface area contributed by atoms with Gasteiger partial charge in [0.15, 0.2) is 11.4 Å². The van der Waals surface area contributed by atoms with E-state index in [0.29, 0.717) is 22.6 Å². The van der Waals surface area contributed by atoms with Crippen LogP contribution in [0.1, 0.15) is 23.1 Å². The van der Waals surface area contributed by atoms with E-state index < -0.39 is 64.0 Å². The molecule has 1 amide bonds. The Balaban J connectivity index is 1.52. The van der Waals surface area contributed by atoms with E-state index in [1.807, 2.05) is 0 Å². The van der Waals surface area contributed by atoms with E-state index in [2.05, 4.69) is 21.2 Å². The van der Waals surface area contributed by atoms with Gasteiger partial charge in [-0.05, 0) is 68.8 Å². The lowest BCUT2D eigenvalue weighted by Gasteiger charge is -2.50. The third-order valence-corrected chi connectivity index (χ3v) is 9.42. The number of aliphatic hydroxyl groups excluding tert-OH is 2. The zero-order valence-electron chi connectivity index (χ0n) is 25.6. The number of halogens is 1. The number of fused-ring (bicyclic) bond motifs is 3.